The quantitative estimate of drug-likeness (QED) is 0.115. The van der Waals surface area contributed by atoms with E-state index in [1.54, 1.807) is 0 Å². The molecule has 0 aliphatic carbocycles. The summed E-state index contributed by atoms with van der Waals surface area (Å²) in [5.74, 6) is 0. The lowest BCUT2D eigenvalue weighted by atomic mass is 9.91. The minimum absolute atomic E-state index is 1.12. The molecule has 10 aromatic carbocycles. The van der Waals surface area contributed by atoms with E-state index in [0.717, 1.165) is 34.1 Å². The van der Waals surface area contributed by atoms with Crippen molar-refractivity contribution in [2.75, 3.05) is 9.80 Å². The van der Waals surface area contributed by atoms with Crippen LogP contribution in [0.25, 0.3) is 54.6 Å². The zero-order valence-corrected chi connectivity index (χ0v) is 30.3. The molecule has 258 valence electrons. The van der Waals surface area contributed by atoms with E-state index in [0.29, 0.717) is 0 Å². The average molecular weight is 702 g/mol. The second-order valence-electron chi connectivity index (χ2n) is 13.8. The van der Waals surface area contributed by atoms with Crippen LogP contribution in [0.5, 0.6) is 0 Å². The number of rotatable bonds is 8. The van der Waals surface area contributed by atoms with Crippen LogP contribution >= 0.6 is 0 Å². The Morgan fingerprint density at radius 3 is 1.02 bits per heavy atom. The molecular formula is C52H37BN2. The van der Waals surface area contributed by atoms with E-state index in [9.17, 15) is 0 Å². The van der Waals surface area contributed by atoms with Crippen molar-refractivity contribution in [3.8, 4) is 22.3 Å². The number of para-hydroxylation sites is 2. The first kappa shape index (κ1) is 32.5. The van der Waals surface area contributed by atoms with Crippen LogP contribution in [0, 0.1) is 0 Å². The molecule has 0 heterocycles. The highest BCUT2D eigenvalue weighted by Crippen LogP contribution is 2.48. The Morgan fingerprint density at radius 1 is 0.291 bits per heavy atom. The van der Waals surface area contributed by atoms with Crippen molar-refractivity contribution in [1.82, 2.24) is 0 Å². The van der Waals surface area contributed by atoms with E-state index < -0.39 is 0 Å². The van der Waals surface area contributed by atoms with Crippen molar-refractivity contribution in [3.05, 3.63) is 218 Å². The van der Waals surface area contributed by atoms with E-state index in [1.165, 1.54) is 54.6 Å². The molecule has 0 bridgehead atoms. The largest absolute Gasteiger partial charge is 0.310 e. The standard InChI is InChI=1S/C52H36N2.BH/c1-5-15-37(16-6-1)41-19-13-25-45(35-41)53(43-21-9-3-10-22-43)49-33-29-39-28-32-48-50(34-30-40-27-31-47(49)51(39)52(40)48)54(44-23-11-4-12-24-44)46-26-14-20-42(36-46)38-17-7-2-8-18-38;/h1-36H;1H/i;1D. The maximum absolute atomic E-state index is 5.25. The summed E-state index contributed by atoms with van der Waals surface area (Å²) < 4.78 is 5.25. The van der Waals surface area contributed by atoms with Crippen LogP contribution in [-0.2, 0) is 0 Å². The van der Waals surface area contributed by atoms with Crippen molar-refractivity contribution >= 4 is 74.8 Å². The van der Waals surface area contributed by atoms with Crippen LogP contribution in [0.2, 0.25) is 0 Å². The smallest absolute Gasteiger partial charge is 0.0540 e. The molecule has 0 unspecified atom stereocenters. The number of hydrogen-bond donors (Lipinski definition) is 0. The lowest BCUT2D eigenvalue weighted by molar-refractivity contribution is 1.30. The lowest BCUT2D eigenvalue weighted by Crippen LogP contribution is -2.11. The lowest BCUT2D eigenvalue weighted by Gasteiger charge is -2.29. The molecule has 10 aromatic rings. The van der Waals surface area contributed by atoms with Crippen LogP contribution in [0.1, 0.15) is 0 Å². The highest BCUT2D eigenvalue weighted by Gasteiger charge is 2.22. The normalized spacial score (nSPS) is 11.2. The average Bonchev–Trinajstić information content (AvgIpc) is 3.29. The van der Waals surface area contributed by atoms with Gasteiger partial charge in [-0.2, -0.15) is 0 Å². The van der Waals surface area contributed by atoms with Crippen molar-refractivity contribution in [3.63, 3.8) is 0 Å². The zero-order chi connectivity index (χ0) is 37.8. The monoisotopic (exact) mass is 701 g/mol. The topological polar surface area (TPSA) is 6.48 Å². The molecule has 3 heteroatoms. The molecule has 0 saturated carbocycles. The SMILES string of the molecule is [2H][B].c1ccc(-c2cccc(N(c3ccccc3)c3ccc4ccc5c(N(c6ccccc6)c6cccc(-c7ccccc7)c6)ccc6ccc3c4c65)c2)cc1. The molecule has 2 nitrogen and oxygen atoms in total. The van der Waals surface area contributed by atoms with Gasteiger partial charge in [-0.05, 0) is 106 Å². The number of anilines is 6. The van der Waals surface area contributed by atoms with Gasteiger partial charge in [0.05, 0.1) is 11.4 Å². The van der Waals surface area contributed by atoms with Crippen LogP contribution in [0.4, 0.5) is 34.1 Å². The number of nitrogens with zero attached hydrogens (tertiary/aromatic N) is 2. The van der Waals surface area contributed by atoms with E-state index in [1.807, 2.05) is 0 Å². The molecule has 0 aromatic heterocycles. The van der Waals surface area contributed by atoms with Gasteiger partial charge >= 0.3 is 0 Å². The fraction of sp³-hybridized carbons (Fsp3) is 0. The van der Waals surface area contributed by atoms with Gasteiger partial charge in [-0.15, -0.1) is 0 Å². The van der Waals surface area contributed by atoms with E-state index >= 15 is 0 Å². The Labute approximate surface area is 325 Å². The second kappa shape index (κ2) is 14.4. The Kier molecular flexibility index (Phi) is 8.51. The highest BCUT2D eigenvalue weighted by atomic mass is 15.1. The Morgan fingerprint density at radius 2 is 0.618 bits per heavy atom. The summed E-state index contributed by atoms with van der Waals surface area (Å²) >= 11 is 0. The molecule has 0 amide bonds. The third-order valence-electron chi connectivity index (χ3n) is 10.6. The van der Waals surface area contributed by atoms with Gasteiger partial charge in [-0.1, -0.05) is 158 Å². The maximum Gasteiger partial charge on any atom is 0.0540 e. The third-order valence-corrected chi connectivity index (χ3v) is 10.6. The zero-order valence-electron chi connectivity index (χ0n) is 31.3. The molecule has 55 heavy (non-hydrogen) atoms. The van der Waals surface area contributed by atoms with Crippen molar-refractivity contribution in [1.29, 1.82) is 1.34 Å². The van der Waals surface area contributed by atoms with Crippen molar-refractivity contribution in [2.45, 2.75) is 0 Å². The minimum atomic E-state index is 1.12. The minimum Gasteiger partial charge on any atom is -0.310 e. The molecule has 2 radical (unpaired) electrons. The van der Waals surface area contributed by atoms with Gasteiger partial charge in [-0.3, -0.25) is 0 Å². The molecule has 0 aliphatic rings. The number of benzene rings is 10. The molecule has 10 rings (SSSR count). The van der Waals surface area contributed by atoms with E-state index in [-0.39, 0.29) is 0 Å². The summed E-state index contributed by atoms with van der Waals surface area (Å²) in [6, 6.07) is 78.9. The van der Waals surface area contributed by atoms with Gasteiger partial charge in [0.1, 0.15) is 0 Å². The Balaban J connectivity index is 0.00000202. The molecule has 0 saturated heterocycles. The Bertz CT molecular complexity index is 2680. The molecule has 0 spiro atoms. The van der Waals surface area contributed by atoms with Crippen LogP contribution in [-0.4, -0.2) is 9.71 Å². The first-order chi connectivity index (χ1) is 27.8. The highest BCUT2D eigenvalue weighted by molar-refractivity contribution is 6.28. The summed E-state index contributed by atoms with van der Waals surface area (Å²) in [5, 5.41) is 7.44. The van der Waals surface area contributed by atoms with Crippen LogP contribution < -0.4 is 9.80 Å². The van der Waals surface area contributed by atoms with Crippen molar-refractivity contribution in [2.24, 2.45) is 0 Å². The summed E-state index contributed by atoms with van der Waals surface area (Å²) in [7, 11) is 3.75. The molecule has 0 atom stereocenters. The van der Waals surface area contributed by atoms with Gasteiger partial charge in [-0.25, -0.2) is 0 Å². The predicted molar refractivity (Wildman–Crippen MR) is 238 cm³/mol. The summed E-state index contributed by atoms with van der Waals surface area (Å²) in [4.78, 5) is 4.81. The fourth-order valence-corrected chi connectivity index (χ4v) is 8.08. The summed E-state index contributed by atoms with van der Waals surface area (Å²) in [6.07, 6.45) is 0. The molecule has 0 aliphatic heterocycles. The van der Waals surface area contributed by atoms with Gasteiger partial charge < -0.3 is 9.80 Å². The van der Waals surface area contributed by atoms with Gasteiger partial charge in [0.25, 0.3) is 0 Å². The first-order valence-electron chi connectivity index (χ1n) is 19.1. The van der Waals surface area contributed by atoms with E-state index in [2.05, 4.69) is 237 Å². The van der Waals surface area contributed by atoms with Gasteiger partial charge in [0.2, 0.25) is 0 Å². The molecule has 0 N–H and O–H groups in total. The van der Waals surface area contributed by atoms with Gasteiger partial charge in [0, 0.05) is 41.9 Å². The molecule has 0 fully saturated rings. The van der Waals surface area contributed by atoms with Crippen LogP contribution in [0.3, 0.4) is 0 Å². The summed E-state index contributed by atoms with van der Waals surface area (Å²) in [5.41, 5.74) is 11.5. The number of hydrogen-bond acceptors (Lipinski definition) is 2. The van der Waals surface area contributed by atoms with E-state index in [4.69, 9.17) is 1.34 Å². The fourth-order valence-electron chi connectivity index (χ4n) is 8.08. The second-order valence-corrected chi connectivity index (χ2v) is 13.8. The predicted octanol–water partition coefficient (Wildman–Crippen LogP) is 14.2. The Hall–Kier alpha value is -7.10. The first-order valence-corrected chi connectivity index (χ1v) is 18.5. The molecular weight excluding hydrogens is 663 g/mol. The third kappa shape index (κ3) is 6.06. The van der Waals surface area contributed by atoms with Gasteiger partial charge in [0.15, 0.2) is 0 Å². The summed E-state index contributed by atoms with van der Waals surface area (Å²) in [6.45, 7) is 0. The maximum atomic E-state index is 5.25. The van der Waals surface area contributed by atoms with Crippen molar-refractivity contribution < 1.29 is 0 Å². The van der Waals surface area contributed by atoms with Crippen LogP contribution in [0.15, 0.2) is 218 Å².